The molecule has 1 rings (SSSR count). The average Bonchev–Trinajstić information content (AvgIpc) is 2.03. The molecule has 0 amide bonds. The third kappa shape index (κ3) is 2.22. The molecule has 0 aliphatic carbocycles. The second-order valence-electron chi connectivity index (χ2n) is 2.21. The van der Waals surface area contributed by atoms with Crippen molar-refractivity contribution < 1.29 is 8.78 Å². The van der Waals surface area contributed by atoms with Crippen LogP contribution in [0.2, 0.25) is 0 Å². The standard InChI is InChI=1S/C7H7BrF2N2/c8-4-1-5(3-11)12-6(2-4)7(9)10/h1-2,7H,3,11H2. The van der Waals surface area contributed by atoms with Gasteiger partial charge in [-0.25, -0.2) is 8.78 Å². The van der Waals surface area contributed by atoms with Crippen molar-refractivity contribution in [3.05, 3.63) is 28.0 Å². The Morgan fingerprint density at radius 1 is 1.50 bits per heavy atom. The topological polar surface area (TPSA) is 38.9 Å². The highest BCUT2D eigenvalue weighted by molar-refractivity contribution is 9.10. The molecule has 0 atom stereocenters. The van der Waals surface area contributed by atoms with Crippen LogP contribution in [0, 0.1) is 0 Å². The molecule has 0 aromatic carbocycles. The largest absolute Gasteiger partial charge is 0.325 e. The summed E-state index contributed by atoms with van der Waals surface area (Å²) in [6, 6.07) is 2.90. The molecular formula is C7H7BrF2N2. The van der Waals surface area contributed by atoms with E-state index in [1.165, 1.54) is 6.07 Å². The van der Waals surface area contributed by atoms with E-state index >= 15 is 0 Å². The Morgan fingerprint density at radius 3 is 2.67 bits per heavy atom. The van der Waals surface area contributed by atoms with Gasteiger partial charge < -0.3 is 5.73 Å². The van der Waals surface area contributed by atoms with Gasteiger partial charge in [-0.15, -0.1) is 0 Å². The molecule has 5 heteroatoms. The molecule has 0 saturated heterocycles. The van der Waals surface area contributed by atoms with Crippen LogP contribution in [0.15, 0.2) is 16.6 Å². The molecule has 1 aromatic heterocycles. The molecule has 2 nitrogen and oxygen atoms in total. The molecular weight excluding hydrogens is 230 g/mol. The van der Waals surface area contributed by atoms with Gasteiger partial charge >= 0.3 is 0 Å². The van der Waals surface area contributed by atoms with Gasteiger partial charge in [0.25, 0.3) is 6.43 Å². The van der Waals surface area contributed by atoms with Crippen molar-refractivity contribution in [1.82, 2.24) is 4.98 Å². The summed E-state index contributed by atoms with van der Waals surface area (Å²) in [5.74, 6) is 0. The molecule has 0 fully saturated rings. The highest BCUT2D eigenvalue weighted by Crippen LogP contribution is 2.21. The average molecular weight is 237 g/mol. The summed E-state index contributed by atoms with van der Waals surface area (Å²) in [6.45, 7) is 0.166. The Kier molecular flexibility index (Phi) is 3.11. The van der Waals surface area contributed by atoms with Gasteiger partial charge in [-0.1, -0.05) is 15.9 Å². The van der Waals surface area contributed by atoms with Crippen molar-refractivity contribution in [2.45, 2.75) is 13.0 Å². The van der Waals surface area contributed by atoms with E-state index in [4.69, 9.17) is 5.73 Å². The van der Waals surface area contributed by atoms with Gasteiger partial charge in [0.05, 0.1) is 5.69 Å². The molecule has 2 N–H and O–H groups in total. The Labute approximate surface area is 76.9 Å². The molecule has 0 bridgehead atoms. The highest BCUT2D eigenvalue weighted by Gasteiger charge is 2.10. The summed E-state index contributed by atoms with van der Waals surface area (Å²) in [5.41, 5.74) is 5.47. The van der Waals surface area contributed by atoms with Crippen LogP contribution >= 0.6 is 15.9 Å². The van der Waals surface area contributed by atoms with Crippen LogP contribution in [0.4, 0.5) is 8.78 Å². The first kappa shape index (κ1) is 9.54. The van der Waals surface area contributed by atoms with E-state index in [1.807, 2.05) is 0 Å². The molecule has 0 unspecified atom stereocenters. The fraction of sp³-hybridized carbons (Fsp3) is 0.286. The van der Waals surface area contributed by atoms with Crippen molar-refractivity contribution in [1.29, 1.82) is 0 Å². The summed E-state index contributed by atoms with van der Waals surface area (Å²) in [4.78, 5) is 3.65. The molecule has 12 heavy (non-hydrogen) atoms. The lowest BCUT2D eigenvalue weighted by Crippen LogP contribution is -2.02. The van der Waals surface area contributed by atoms with E-state index in [2.05, 4.69) is 20.9 Å². The molecule has 1 aromatic rings. The Bertz CT molecular complexity index is 278. The quantitative estimate of drug-likeness (QED) is 0.856. The van der Waals surface area contributed by atoms with Crippen LogP contribution in [0.1, 0.15) is 17.8 Å². The minimum absolute atomic E-state index is 0.166. The van der Waals surface area contributed by atoms with Crippen LogP contribution < -0.4 is 5.73 Å². The zero-order valence-electron chi connectivity index (χ0n) is 6.10. The normalized spacial score (nSPS) is 10.8. The van der Waals surface area contributed by atoms with Crippen molar-refractivity contribution in [3.63, 3.8) is 0 Å². The zero-order valence-corrected chi connectivity index (χ0v) is 7.68. The number of hydrogen-bond donors (Lipinski definition) is 1. The summed E-state index contributed by atoms with van der Waals surface area (Å²) in [6.07, 6.45) is -2.55. The SMILES string of the molecule is NCc1cc(Br)cc(C(F)F)n1. The molecule has 0 aliphatic heterocycles. The smallest absolute Gasteiger partial charge is 0.280 e. The maximum atomic E-state index is 12.1. The van der Waals surface area contributed by atoms with Crippen LogP contribution in [-0.2, 0) is 6.54 Å². The lowest BCUT2D eigenvalue weighted by atomic mass is 10.3. The van der Waals surface area contributed by atoms with E-state index in [0.29, 0.717) is 10.2 Å². The Morgan fingerprint density at radius 2 is 2.17 bits per heavy atom. The van der Waals surface area contributed by atoms with E-state index in [9.17, 15) is 8.78 Å². The monoisotopic (exact) mass is 236 g/mol. The van der Waals surface area contributed by atoms with Crippen molar-refractivity contribution in [2.75, 3.05) is 0 Å². The maximum absolute atomic E-state index is 12.1. The molecule has 1 heterocycles. The van der Waals surface area contributed by atoms with E-state index in [-0.39, 0.29) is 12.2 Å². The van der Waals surface area contributed by atoms with E-state index < -0.39 is 6.43 Å². The van der Waals surface area contributed by atoms with Gasteiger partial charge in [0.15, 0.2) is 0 Å². The Hall–Kier alpha value is -0.550. The third-order valence-corrected chi connectivity index (χ3v) is 1.75. The Balaban J connectivity index is 3.06. The summed E-state index contributed by atoms with van der Waals surface area (Å²) >= 11 is 3.09. The molecule has 0 saturated carbocycles. The zero-order chi connectivity index (χ0) is 9.14. The van der Waals surface area contributed by atoms with Gasteiger partial charge in [-0.2, -0.15) is 0 Å². The van der Waals surface area contributed by atoms with E-state index in [1.54, 1.807) is 6.07 Å². The first-order chi connectivity index (χ1) is 5.63. The number of pyridine rings is 1. The lowest BCUT2D eigenvalue weighted by Gasteiger charge is -2.02. The summed E-state index contributed by atoms with van der Waals surface area (Å²) in [7, 11) is 0. The fourth-order valence-electron chi connectivity index (χ4n) is 0.789. The molecule has 66 valence electrons. The van der Waals surface area contributed by atoms with Gasteiger partial charge in [-0.3, -0.25) is 4.98 Å². The minimum atomic E-state index is -2.55. The molecule has 0 spiro atoms. The van der Waals surface area contributed by atoms with Gasteiger partial charge in [0.1, 0.15) is 5.69 Å². The number of hydrogen-bond acceptors (Lipinski definition) is 2. The predicted molar refractivity (Wildman–Crippen MR) is 44.8 cm³/mol. The fourth-order valence-corrected chi connectivity index (χ4v) is 1.29. The lowest BCUT2D eigenvalue weighted by molar-refractivity contribution is 0.145. The molecule has 0 radical (unpaired) electrons. The first-order valence-electron chi connectivity index (χ1n) is 3.28. The van der Waals surface area contributed by atoms with Crippen molar-refractivity contribution >= 4 is 15.9 Å². The molecule has 0 aliphatic rings. The second kappa shape index (κ2) is 3.91. The first-order valence-corrected chi connectivity index (χ1v) is 4.07. The van der Waals surface area contributed by atoms with Crippen LogP contribution in [0.5, 0.6) is 0 Å². The van der Waals surface area contributed by atoms with Crippen molar-refractivity contribution in [3.8, 4) is 0 Å². The summed E-state index contributed by atoms with van der Waals surface area (Å²) < 4.78 is 24.9. The van der Waals surface area contributed by atoms with Crippen LogP contribution in [0.3, 0.4) is 0 Å². The minimum Gasteiger partial charge on any atom is -0.325 e. The number of nitrogens with two attached hydrogens (primary N) is 1. The number of nitrogens with zero attached hydrogens (tertiary/aromatic N) is 1. The summed E-state index contributed by atoms with van der Waals surface area (Å²) in [5, 5.41) is 0. The van der Waals surface area contributed by atoms with Gasteiger partial charge in [0.2, 0.25) is 0 Å². The highest BCUT2D eigenvalue weighted by atomic mass is 79.9. The maximum Gasteiger partial charge on any atom is 0.280 e. The second-order valence-corrected chi connectivity index (χ2v) is 3.12. The van der Waals surface area contributed by atoms with Crippen LogP contribution in [-0.4, -0.2) is 4.98 Å². The van der Waals surface area contributed by atoms with Gasteiger partial charge in [-0.05, 0) is 12.1 Å². The number of rotatable bonds is 2. The van der Waals surface area contributed by atoms with E-state index in [0.717, 1.165) is 0 Å². The number of halogens is 3. The third-order valence-electron chi connectivity index (χ3n) is 1.30. The van der Waals surface area contributed by atoms with Crippen LogP contribution in [0.25, 0.3) is 0 Å². The van der Waals surface area contributed by atoms with Gasteiger partial charge in [0, 0.05) is 11.0 Å². The number of alkyl halides is 2. The van der Waals surface area contributed by atoms with Crippen molar-refractivity contribution in [2.24, 2.45) is 5.73 Å². The number of aromatic nitrogens is 1. The predicted octanol–water partition coefficient (Wildman–Crippen LogP) is 2.24.